The van der Waals surface area contributed by atoms with E-state index in [-0.39, 0.29) is 41.5 Å². The number of piperazine rings is 1. The van der Waals surface area contributed by atoms with E-state index in [1.54, 1.807) is 0 Å². The van der Waals surface area contributed by atoms with E-state index in [0.717, 1.165) is 64.7 Å². The van der Waals surface area contributed by atoms with Gasteiger partial charge in [0, 0.05) is 44.9 Å². The Hall–Kier alpha value is -0.610. The summed E-state index contributed by atoms with van der Waals surface area (Å²) in [7, 11) is 4.37. The van der Waals surface area contributed by atoms with E-state index in [9.17, 15) is 4.79 Å². The lowest BCUT2D eigenvalue weighted by atomic mass is 9.96. The standard InChI is InChI=1S/C20H37N5O2.HI/c1-4-21-19(22-16-20(23(2)3)9-5-6-10-20)25-13-11-24(12-14-25)18(26)17-8-7-15-27-17;/h17H,4-16H2,1-3H3,(H,21,22);1H. The fourth-order valence-electron chi connectivity index (χ4n) is 4.54. The number of halogens is 1. The number of ether oxygens (including phenoxy) is 1. The third kappa shape index (κ3) is 5.50. The lowest BCUT2D eigenvalue weighted by molar-refractivity contribution is -0.142. The van der Waals surface area contributed by atoms with Crippen molar-refractivity contribution in [3.63, 3.8) is 0 Å². The Balaban J connectivity index is 0.00000280. The number of hydrogen-bond acceptors (Lipinski definition) is 4. The van der Waals surface area contributed by atoms with Crippen LogP contribution in [0, 0.1) is 0 Å². The fourth-order valence-corrected chi connectivity index (χ4v) is 4.54. The monoisotopic (exact) mass is 507 g/mol. The van der Waals surface area contributed by atoms with Crippen molar-refractivity contribution in [1.82, 2.24) is 20.0 Å². The van der Waals surface area contributed by atoms with Crippen molar-refractivity contribution in [3.05, 3.63) is 0 Å². The predicted molar refractivity (Wildman–Crippen MR) is 123 cm³/mol. The van der Waals surface area contributed by atoms with Gasteiger partial charge in [-0.2, -0.15) is 0 Å². The molecule has 2 aliphatic heterocycles. The zero-order valence-electron chi connectivity index (χ0n) is 17.8. The Bertz CT molecular complexity index is 523. The van der Waals surface area contributed by atoms with Crippen molar-refractivity contribution < 1.29 is 9.53 Å². The zero-order chi connectivity index (χ0) is 19.3. The van der Waals surface area contributed by atoms with E-state index in [4.69, 9.17) is 9.73 Å². The molecule has 1 aliphatic carbocycles. The van der Waals surface area contributed by atoms with Crippen LogP contribution < -0.4 is 5.32 Å². The quantitative estimate of drug-likeness (QED) is 0.349. The number of rotatable bonds is 5. The number of amides is 1. The van der Waals surface area contributed by atoms with E-state index in [1.165, 1.54) is 25.7 Å². The van der Waals surface area contributed by atoms with Gasteiger partial charge in [-0.05, 0) is 46.7 Å². The van der Waals surface area contributed by atoms with Crippen molar-refractivity contribution >= 4 is 35.8 Å². The predicted octanol–water partition coefficient (Wildman–Crippen LogP) is 1.77. The van der Waals surface area contributed by atoms with Crippen LogP contribution in [0.15, 0.2) is 4.99 Å². The molecule has 3 aliphatic rings. The van der Waals surface area contributed by atoms with Crippen molar-refractivity contribution in [2.45, 2.75) is 57.1 Å². The number of likely N-dealkylation sites (N-methyl/N-ethyl adjacent to an activating group) is 1. The lowest BCUT2D eigenvalue weighted by Crippen LogP contribution is -2.55. The third-order valence-electron chi connectivity index (χ3n) is 6.44. The number of carbonyl (C=O) groups excluding carboxylic acids is 1. The van der Waals surface area contributed by atoms with E-state index in [0.29, 0.717) is 0 Å². The van der Waals surface area contributed by atoms with Crippen molar-refractivity contribution in [3.8, 4) is 0 Å². The first-order valence-corrected chi connectivity index (χ1v) is 10.7. The van der Waals surface area contributed by atoms with Gasteiger partial charge in [0.15, 0.2) is 5.96 Å². The normalized spacial score (nSPS) is 25.1. The number of hydrogen-bond donors (Lipinski definition) is 1. The molecule has 0 aromatic heterocycles. The van der Waals surface area contributed by atoms with E-state index >= 15 is 0 Å². The summed E-state index contributed by atoms with van der Waals surface area (Å²) in [5, 5.41) is 3.46. The van der Waals surface area contributed by atoms with E-state index in [2.05, 4.69) is 36.1 Å². The SMILES string of the molecule is CCNC(=NCC1(N(C)C)CCCC1)N1CCN(C(=O)C2CCCO2)CC1.I. The number of nitrogens with zero attached hydrogens (tertiary/aromatic N) is 4. The van der Waals surface area contributed by atoms with E-state index in [1.807, 2.05) is 4.90 Å². The molecule has 8 heteroatoms. The van der Waals surface area contributed by atoms with Crippen LogP contribution in [0.3, 0.4) is 0 Å². The molecule has 7 nitrogen and oxygen atoms in total. The van der Waals surface area contributed by atoms with Crippen LogP contribution in [0.1, 0.15) is 45.4 Å². The maximum absolute atomic E-state index is 12.6. The molecule has 28 heavy (non-hydrogen) atoms. The summed E-state index contributed by atoms with van der Waals surface area (Å²) in [6.07, 6.45) is 6.72. The van der Waals surface area contributed by atoms with Gasteiger partial charge in [-0.1, -0.05) is 12.8 Å². The molecule has 0 spiro atoms. The summed E-state index contributed by atoms with van der Waals surface area (Å²) < 4.78 is 5.56. The average Bonchev–Trinajstić information content (AvgIpc) is 3.37. The summed E-state index contributed by atoms with van der Waals surface area (Å²) >= 11 is 0. The number of carbonyl (C=O) groups is 1. The van der Waals surface area contributed by atoms with Gasteiger partial charge in [-0.25, -0.2) is 0 Å². The molecule has 2 heterocycles. The van der Waals surface area contributed by atoms with Crippen LogP contribution in [-0.4, -0.2) is 98.2 Å². The minimum atomic E-state index is -0.208. The largest absolute Gasteiger partial charge is 0.368 e. The molecule has 0 bridgehead atoms. The first-order chi connectivity index (χ1) is 13.1. The average molecular weight is 507 g/mol. The molecule has 0 aromatic carbocycles. The topological polar surface area (TPSA) is 60.4 Å². The van der Waals surface area contributed by atoms with Gasteiger partial charge >= 0.3 is 0 Å². The van der Waals surface area contributed by atoms with Crippen LogP contribution in [0.5, 0.6) is 0 Å². The maximum Gasteiger partial charge on any atom is 0.251 e. The highest BCUT2D eigenvalue weighted by atomic mass is 127. The van der Waals surface area contributed by atoms with Crippen molar-refractivity contribution in [2.75, 3.05) is 60.0 Å². The molecule has 2 saturated heterocycles. The maximum atomic E-state index is 12.6. The number of aliphatic imine (C=N–C) groups is 1. The molecule has 162 valence electrons. The minimum Gasteiger partial charge on any atom is -0.368 e. The van der Waals surface area contributed by atoms with Gasteiger partial charge < -0.3 is 24.8 Å². The van der Waals surface area contributed by atoms with E-state index < -0.39 is 0 Å². The van der Waals surface area contributed by atoms with Crippen LogP contribution >= 0.6 is 24.0 Å². The molecule has 1 atom stereocenters. The lowest BCUT2D eigenvalue weighted by Gasteiger charge is -2.38. The first-order valence-electron chi connectivity index (χ1n) is 10.7. The third-order valence-corrected chi connectivity index (χ3v) is 6.44. The summed E-state index contributed by atoms with van der Waals surface area (Å²) in [5.41, 5.74) is 0.207. The van der Waals surface area contributed by atoms with Crippen LogP contribution in [0.4, 0.5) is 0 Å². The van der Waals surface area contributed by atoms with Gasteiger partial charge in [0.25, 0.3) is 5.91 Å². The Morgan fingerprint density at radius 1 is 1.14 bits per heavy atom. The molecular weight excluding hydrogens is 469 g/mol. The smallest absolute Gasteiger partial charge is 0.251 e. The Morgan fingerprint density at radius 2 is 1.79 bits per heavy atom. The Labute approximate surface area is 187 Å². The molecule has 1 saturated carbocycles. The highest BCUT2D eigenvalue weighted by Gasteiger charge is 2.36. The second-order valence-corrected chi connectivity index (χ2v) is 8.31. The van der Waals surface area contributed by atoms with Crippen molar-refractivity contribution in [1.29, 1.82) is 0 Å². The molecule has 1 N–H and O–H groups in total. The first kappa shape index (κ1) is 23.7. The number of nitrogens with one attached hydrogen (secondary N) is 1. The molecule has 0 aromatic rings. The Morgan fingerprint density at radius 3 is 2.32 bits per heavy atom. The van der Waals surface area contributed by atoms with Crippen LogP contribution in [-0.2, 0) is 9.53 Å². The molecule has 1 amide bonds. The summed E-state index contributed by atoms with van der Waals surface area (Å²) in [6, 6.07) is 0. The molecule has 0 radical (unpaired) electrons. The second kappa shape index (κ2) is 11.0. The molecular formula is C20H38IN5O2. The highest BCUT2D eigenvalue weighted by Crippen LogP contribution is 2.34. The molecule has 3 rings (SSSR count). The van der Waals surface area contributed by atoms with Gasteiger partial charge in [-0.3, -0.25) is 9.79 Å². The minimum absolute atomic E-state index is 0. The summed E-state index contributed by atoms with van der Waals surface area (Å²) in [4.78, 5) is 24.2. The summed E-state index contributed by atoms with van der Waals surface area (Å²) in [5.74, 6) is 1.17. The van der Waals surface area contributed by atoms with Crippen LogP contribution in [0.25, 0.3) is 0 Å². The molecule has 1 unspecified atom stereocenters. The van der Waals surface area contributed by atoms with Crippen LogP contribution in [0.2, 0.25) is 0 Å². The van der Waals surface area contributed by atoms with Gasteiger partial charge in [0.05, 0.1) is 6.54 Å². The number of guanidine groups is 1. The summed E-state index contributed by atoms with van der Waals surface area (Å²) in [6.45, 7) is 7.72. The molecule has 3 fully saturated rings. The van der Waals surface area contributed by atoms with Gasteiger partial charge in [-0.15, -0.1) is 24.0 Å². The zero-order valence-corrected chi connectivity index (χ0v) is 20.1. The van der Waals surface area contributed by atoms with Gasteiger partial charge in [0.1, 0.15) is 6.10 Å². The van der Waals surface area contributed by atoms with Crippen molar-refractivity contribution in [2.24, 2.45) is 4.99 Å². The second-order valence-electron chi connectivity index (χ2n) is 8.31. The van der Waals surface area contributed by atoms with Gasteiger partial charge in [0.2, 0.25) is 0 Å². The Kier molecular flexibility index (Phi) is 9.27. The fraction of sp³-hybridized carbons (Fsp3) is 0.900. The highest BCUT2D eigenvalue weighted by molar-refractivity contribution is 14.0.